The van der Waals surface area contributed by atoms with E-state index in [9.17, 15) is 13.2 Å². The van der Waals surface area contributed by atoms with E-state index in [-0.39, 0.29) is 23.1 Å². The number of nitrogens with one attached hydrogen (secondary N) is 1. The summed E-state index contributed by atoms with van der Waals surface area (Å²) >= 11 is 0. The number of carbonyl (C=O) groups is 1. The molecule has 0 bridgehead atoms. The van der Waals surface area contributed by atoms with Crippen LogP contribution in [0, 0.1) is 0 Å². The van der Waals surface area contributed by atoms with Gasteiger partial charge in [0, 0.05) is 31.1 Å². The lowest BCUT2D eigenvalue weighted by Gasteiger charge is -2.26. The topological polar surface area (TPSA) is 75.7 Å². The predicted molar refractivity (Wildman–Crippen MR) is 124 cm³/mol. The number of hydrogen-bond donors (Lipinski definition) is 1. The Balaban J connectivity index is 1.46. The molecule has 3 aromatic carbocycles. The minimum absolute atomic E-state index is 0.0710. The fourth-order valence-electron chi connectivity index (χ4n) is 3.84. The van der Waals surface area contributed by atoms with E-state index in [4.69, 9.17) is 4.74 Å². The fourth-order valence-corrected chi connectivity index (χ4v) is 5.25. The van der Waals surface area contributed by atoms with Crippen LogP contribution >= 0.6 is 0 Å². The molecule has 1 aliphatic heterocycles. The van der Waals surface area contributed by atoms with Crippen LogP contribution in [0.15, 0.2) is 89.8 Å². The number of benzene rings is 3. The quantitative estimate of drug-likeness (QED) is 0.593. The molecule has 0 spiro atoms. The van der Waals surface area contributed by atoms with Crippen molar-refractivity contribution in [2.75, 3.05) is 31.6 Å². The zero-order valence-corrected chi connectivity index (χ0v) is 18.5. The first-order valence-electron chi connectivity index (χ1n) is 10.6. The number of hydrogen-bond acceptors (Lipinski definition) is 4. The lowest BCUT2D eigenvalue weighted by Crippen LogP contribution is -2.40. The second-order valence-corrected chi connectivity index (χ2v) is 9.61. The van der Waals surface area contributed by atoms with Crippen LogP contribution < -0.4 is 5.32 Å². The standard InChI is InChI=1S/C25H26N2O4S/c28-25(19-24(20-7-3-1-4-8-20)21-9-5-2-6-10-21)26-22-11-13-23(14-12-22)32(29,30)27-15-17-31-18-16-27/h1-14,24H,15-19H2,(H,26,28). The molecular weight excluding hydrogens is 424 g/mol. The molecule has 1 amide bonds. The van der Waals surface area contributed by atoms with Gasteiger partial charge >= 0.3 is 0 Å². The molecule has 0 aliphatic carbocycles. The van der Waals surface area contributed by atoms with Gasteiger partial charge < -0.3 is 10.1 Å². The lowest BCUT2D eigenvalue weighted by atomic mass is 9.88. The highest BCUT2D eigenvalue weighted by Gasteiger charge is 2.26. The van der Waals surface area contributed by atoms with Crippen LogP contribution in [-0.2, 0) is 19.6 Å². The van der Waals surface area contributed by atoms with Gasteiger partial charge in [-0.25, -0.2) is 8.42 Å². The summed E-state index contributed by atoms with van der Waals surface area (Å²) in [6.45, 7) is 1.50. The van der Waals surface area contributed by atoms with Crippen LogP contribution in [-0.4, -0.2) is 44.9 Å². The maximum atomic E-state index is 12.8. The number of anilines is 1. The van der Waals surface area contributed by atoms with Gasteiger partial charge in [-0.1, -0.05) is 60.7 Å². The molecule has 0 atom stereocenters. The zero-order chi connectivity index (χ0) is 22.4. The van der Waals surface area contributed by atoms with Gasteiger partial charge in [0.15, 0.2) is 0 Å². The summed E-state index contributed by atoms with van der Waals surface area (Å²) < 4.78 is 32.2. The van der Waals surface area contributed by atoms with Crippen LogP contribution in [0.25, 0.3) is 0 Å². The second-order valence-electron chi connectivity index (χ2n) is 7.67. The minimum Gasteiger partial charge on any atom is -0.379 e. The SMILES string of the molecule is O=C(CC(c1ccccc1)c1ccccc1)Nc1ccc(S(=O)(=O)N2CCOCC2)cc1. The highest BCUT2D eigenvalue weighted by atomic mass is 32.2. The van der Waals surface area contributed by atoms with E-state index in [0.717, 1.165) is 11.1 Å². The number of nitrogens with zero attached hydrogens (tertiary/aromatic N) is 1. The van der Waals surface area contributed by atoms with Crippen molar-refractivity contribution in [1.29, 1.82) is 0 Å². The Bertz CT molecular complexity index is 1090. The molecule has 1 aliphatic rings. The average molecular weight is 451 g/mol. The van der Waals surface area contributed by atoms with Gasteiger partial charge in [-0.3, -0.25) is 4.79 Å². The molecule has 0 aromatic heterocycles. The third-order valence-electron chi connectivity index (χ3n) is 5.54. The summed E-state index contributed by atoms with van der Waals surface area (Å²) in [6.07, 6.45) is 0.280. The van der Waals surface area contributed by atoms with Crippen LogP contribution in [0.3, 0.4) is 0 Å². The van der Waals surface area contributed by atoms with Crippen LogP contribution in [0.5, 0.6) is 0 Å². The third-order valence-corrected chi connectivity index (χ3v) is 7.45. The van der Waals surface area contributed by atoms with Gasteiger partial charge in [0.05, 0.1) is 18.1 Å². The first-order valence-corrected chi connectivity index (χ1v) is 12.1. The summed E-state index contributed by atoms with van der Waals surface area (Å²) in [5.41, 5.74) is 2.71. The Kier molecular flexibility index (Phi) is 6.99. The van der Waals surface area contributed by atoms with Crippen molar-refractivity contribution in [3.05, 3.63) is 96.1 Å². The van der Waals surface area contributed by atoms with Crippen molar-refractivity contribution in [1.82, 2.24) is 4.31 Å². The molecule has 32 heavy (non-hydrogen) atoms. The summed E-state index contributed by atoms with van der Waals surface area (Å²) in [7, 11) is -3.56. The predicted octanol–water partition coefficient (Wildman–Crippen LogP) is 3.87. The second kappa shape index (κ2) is 10.1. The van der Waals surface area contributed by atoms with E-state index in [1.54, 1.807) is 12.1 Å². The van der Waals surface area contributed by atoms with Crippen LogP contribution in [0.4, 0.5) is 5.69 Å². The molecule has 1 saturated heterocycles. The first kappa shape index (κ1) is 22.2. The Morgan fingerprint density at radius 2 is 1.38 bits per heavy atom. The largest absolute Gasteiger partial charge is 0.379 e. The molecule has 0 radical (unpaired) electrons. The van der Waals surface area contributed by atoms with Crippen molar-refractivity contribution in [3.8, 4) is 0 Å². The number of sulfonamides is 1. The molecule has 1 heterocycles. The average Bonchev–Trinajstić information content (AvgIpc) is 2.84. The molecule has 6 nitrogen and oxygen atoms in total. The Hall–Kier alpha value is -3.00. The van der Waals surface area contributed by atoms with E-state index < -0.39 is 10.0 Å². The van der Waals surface area contributed by atoms with Crippen LogP contribution in [0.1, 0.15) is 23.5 Å². The summed E-state index contributed by atoms with van der Waals surface area (Å²) in [5.74, 6) is -0.204. The molecule has 1 N–H and O–H groups in total. The molecule has 0 saturated carbocycles. The normalized spacial score (nSPS) is 14.9. The van der Waals surface area contributed by atoms with E-state index in [2.05, 4.69) is 5.32 Å². The van der Waals surface area contributed by atoms with Crippen molar-refractivity contribution < 1.29 is 17.9 Å². The van der Waals surface area contributed by atoms with Crippen molar-refractivity contribution in [2.24, 2.45) is 0 Å². The smallest absolute Gasteiger partial charge is 0.243 e. The molecule has 0 unspecified atom stereocenters. The van der Waals surface area contributed by atoms with Gasteiger partial charge in [-0.2, -0.15) is 4.31 Å². The van der Waals surface area contributed by atoms with E-state index in [0.29, 0.717) is 32.0 Å². The van der Waals surface area contributed by atoms with Crippen molar-refractivity contribution >= 4 is 21.6 Å². The van der Waals surface area contributed by atoms with Crippen molar-refractivity contribution in [3.63, 3.8) is 0 Å². The first-order chi connectivity index (χ1) is 15.5. The van der Waals surface area contributed by atoms with Crippen molar-refractivity contribution in [2.45, 2.75) is 17.2 Å². The monoisotopic (exact) mass is 450 g/mol. The Labute approximate surface area is 188 Å². The lowest BCUT2D eigenvalue weighted by molar-refractivity contribution is -0.116. The van der Waals surface area contributed by atoms with Gasteiger partial charge in [-0.05, 0) is 35.4 Å². The third kappa shape index (κ3) is 5.24. The molecule has 7 heteroatoms. The Morgan fingerprint density at radius 3 is 1.91 bits per heavy atom. The van der Waals surface area contributed by atoms with Crippen LogP contribution in [0.2, 0.25) is 0 Å². The zero-order valence-electron chi connectivity index (χ0n) is 17.7. The van der Waals surface area contributed by atoms with E-state index in [1.165, 1.54) is 16.4 Å². The van der Waals surface area contributed by atoms with Gasteiger partial charge in [0.25, 0.3) is 0 Å². The molecule has 166 valence electrons. The highest BCUT2D eigenvalue weighted by molar-refractivity contribution is 7.89. The summed E-state index contributed by atoms with van der Waals surface area (Å²) in [4.78, 5) is 13.1. The Morgan fingerprint density at radius 1 is 0.844 bits per heavy atom. The molecule has 4 rings (SSSR count). The number of rotatable bonds is 7. The minimum atomic E-state index is -3.56. The van der Waals surface area contributed by atoms with E-state index in [1.807, 2.05) is 60.7 Å². The van der Waals surface area contributed by atoms with Gasteiger partial charge in [-0.15, -0.1) is 0 Å². The maximum absolute atomic E-state index is 12.8. The number of carbonyl (C=O) groups excluding carboxylic acids is 1. The summed E-state index contributed by atoms with van der Waals surface area (Å²) in [6, 6.07) is 26.2. The molecule has 1 fully saturated rings. The molecular formula is C25H26N2O4S. The van der Waals surface area contributed by atoms with Gasteiger partial charge in [0.1, 0.15) is 0 Å². The molecule has 3 aromatic rings. The van der Waals surface area contributed by atoms with Gasteiger partial charge in [0.2, 0.25) is 15.9 Å². The highest BCUT2D eigenvalue weighted by Crippen LogP contribution is 2.28. The number of morpholine rings is 1. The summed E-state index contributed by atoms with van der Waals surface area (Å²) in [5, 5.41) is 2.90. The number of ether oxygens (including phenoxy) is 1. The fraction of sp³-hybridized carbons (Fsp3) is 0.240. The number of amides is 1. The maximum Gasteiger partial charge on any atom is 0.243 e. The van der Waals surface area contributed by atoms with E-state index >= 15 is 0 Å².